The molecule has 0 fully saturated rings. The molecule has 0 spiro atoms. The summed E-state index contributed by atoms with van der Waals surface area (Å²) in [6, 6.07) is 18.7. The lowest BCUT2D eigenvalue weighted by atomic mass is 10.1. The lowest BCUT2D eigenvalue weighted by molar-refractivity contribution is 0.0956. The molecule has 0 aliphatic heterocycles. The van der Waals surface area contributed by atoms with E-state index in [2.05, 4.69) is 20.4 Å². The molecular weight excluding hydrogens is 432 g/mol. The Morgan fingerprint density at radius 1 is 1.12 bits per heavy atom. The Kier molecular flexibility index (Phi) is 5.65. The van der Waals surface area contributed by atoms with Crippen molar-refractivity contribution < 1.29 is 13.9 Å². The van der Waals surface area contributed by atoms with Crippen molar-refractivity contribution in [1.82, 2.24) is 20.0 Å². The number of benzene rings is 2. The molecule has 0 saturated heterocycles. The molecular formula is C25H22N6O3. The number of aromatic nitrogens is 3. The quantitative estimate of drug-likeness (QED) is 0.362. The highest BCUT2D eigenvalue weighted by Crippen LogP contribution is 2.27. The second-order valence-electron chi connectivity index (χ2n) is 7.57. The number of ether oxygens (including phenoxy) is 1. The van der Waals surface area contributed by atoms with Crippen LogP contribution in [0.1, 0.15) is 21.7 Å². The van der Waals surface area contributed by atoms with Crippen LogP contribution in [0.25, 0.3) is 22.2 Å². The number of rotatable bonds is 7. The molecule has 34 heavy (non-hydrogen) atoms. The Hall–Kier alpha value is -4.66. The lowest BCUT2D eigenvalue weighted by Gasteiger charge is -2.06. The molecule has 9 nitrogen and oxygen atoms in total. The molecule has 2 aromatic carbocycles. The zero-order chi connectivity index (χ0) is 23.5. The van der Waals surface area contributed by atoms with Gasteiger partial charge in [-0.25, -0.2) is 9.97 Å². The number of hydrogen-bond acceptors (Lipinski definition) is 7. The smallest absolute Gasteiger partial charge is 0.257 e. The van der Waals surface area contributed by atoms with E-state index in [1.807, 2.05) is 48.5 Å². The molecule has 0 radical (unpaired) electrons. The molecule has 0 saturated carbocycles. The van der Waals surface area contributed by atoms with Gasteiger partial charge in [-0.05, 0) is 48.4 Å². The van der Waals surface area contributed by atoms with Crippen molar-refractivity contribution in [3.63, 3.8) is 0 Å². The summed E-state index contributed by atoms with van der Waals surface area (Å²) in [5.41, 5.74) is 9.82. The third-order valence-electron chi connectivity index (χ3n) is 5.40. The number of amides is 1. The number of nitrogen functional groups attached to an aromatic ring is 1. The molecule has 3 aromatic heterocycles. The van der Waals surface area contributed by atoms with Gasteiger partial charge in [0.25, 0.3) is 5.91 Å². The van der Waals surface area contributed by atoms with Crippen LogP contribution in [0.5, 0.6) is 5.75 Å². The van der Waals surface area contributed by atoms with E-state index >= 15 is 0 Å². The molecule has 0 unspecified atom stereocenters. The summed E-state index contributed by atoms with van der Waals surface area (Å²) in [5.74, 6) is 1.14. The molecule has 0 bridgehead atoms. The number of para-hydroxylation sites is 2. The molecule has 0 aliphatic rings. The number of methoxy groups -OCH3 is 1. The highest BCUT2D eigenvalue weighted by molar-refractivity contribution is 6.10. The number of hydrogen-bond donors (Lipinski definition) is 2. The van der Waals surface area contributed by atoms with Crippen molar-refractivity contribution in [3.8, 4) is 5.75 Å². The molecule has 0 atom stereocenters. The third kappa shape index (κ3) is 4.06. The maximum Gasteiger partial charge on any atom is 0.257 e. The second-order valence-corrected chi connectivity index (χ2v) is 7.57. The van der Waals surface area contributed by atoms with Gasteiger partial charge in [-0.1, -0.05) is 24.3 Å². The largest absolute Gasteiger partial charge is 0.497 e. The number of fused-ring (bicyclic) bond motifs is 2. The van der Waals surface area contributed by atoms with Gasteiger partial charge in [0.2, 0.25) is 0 Å². The minimum absolute atomic E-state index is 0.148. The topological polar surface area (TPSA) is 121 Å². The van der Waals surface area contributed by atoms with Crippen molar-refractivity contribution in [3.05, 3.63) is 83.8 Å². The van der Waals surface area contributed by atoms with Gasteiger partial charge < -0.3 is 20.2 Å². The highest BCUT2D eigenvalue weighted by atomic mass is 16.5. The van der Waals surface area contributed by atoms with Crippen molar-refractivity contribution in [2.24, 2.45) is 5.10 Å². The van der Waals surface area contributed by atoms with Gasteiger partial charge in [0.1, 0.15) is 28.4 Å². The summed E-state index contributed by atoms with van der Waals surface area (Å²) >= 11 is 0. The Morgan fingerprint density at radius 2 is 1.88 bits per heavy atom. The van der Waals surface area contributed by atoms with Gasteiger partial charge in [-0.3, -0.25) is 4.79 Å². The van der Waals surface area contributed by atoms with Gasteiger partial charge in [0.15, 0.2) is 5.65 Å². The van der Waals surface area contributed by atoms with E-state index in [0.29, 0.717) is 40.9 Å². The number of nitrogens with two attached hydrogens (primary N) is 1. The third-order valence-corrected chi connectivity index (χ3v) is 5.40. The molecule has 1 amide bonds. The van der Waals surface area contributed by atoms with Crippen molar-refractivity contribution in [1.29, 1.82) is 0 Å². The normalized spacial score (nSPS) is 11.4. The fourth-order valence-corrected chi connectivity index (χ4v) is 3.67. The van der Waals surface area contributed by atoms with Crippen LogP contribution in [0, 0.1) is 0 Å². The van der Waals surface area contributed by atoms with E-state index in [1.54, 1.807) is 25.5 Å². The summed E-state index contributed by atoms with van der Waals surface area (Å²) in [4.78, 5) is 22.5. The minimum atomic E-state index is -0.340. The zero-order valence-corrected chi connectivity index (χ0v) is 18.4. The number of furan rings is 1. The predicted octanol–water partition coefficient (Wildman–Crippen LogP) is 3.62. The Labute approximate surface area is 194 Å². The standard InChI is InChI=1S/C25H22N6O3/c1-33-17-10-8-16(9-11-17)12-13-27-25(32)21-22-24(30-20-7-3-2-6-19(20)29-22)31(23(21)26)28-15-18-5-4-14-34-18/h2-11,14-15H,12-13,26H2,1H3,(H,27,32). The molecule has 9 heteroatoms. The molecule has 0 aliphatic carbocycles. The second kappa shape index (κ2) is 9.07. The van der Waals surface area contributed by atoms with Crippen molar-refractivity contribution >= 4 is 40.1 Å². The van der Waals surface area contributed by atoms with Gasteiger partial charge in [0, 0.05) is 6.54 Å². The summed E-state index contributed by atoms with van der Waals surface area (Å²) < 4.78 is 11.9. The van der Waals surface area contributed by atoms with Gasteiger partial charge in [-0.2, -0.15) is 9.78 Å². The molecule has 3 heterocycles. The number of anilines is 1. The van der Waals surface area contributed by atoms with Gasteiger partial charge in [0.05, 0.1) is 30.6 Å². The zero-order valence-electron chi connectivity index (χ0n) is 18.4. The van der Waals surface area contributed by atoms with Crippen LogP contribution >= 0.6 is 0 Å². The van der Waals surface area contributed by atoms with E-state index in [9.17, 15) is 4.79 Å². The molecule has 170 valence electrons. The molecule has 5 aromatic rings. The van der Waals surface area contributed by atoms with Crippen LogP contribution < -0.4 is 15.8 Å². The van der Waals surface area contributed by atoms with Crippen molar-refractivity contribution in [2.75, 3.05) is 19.4 Å². The van der Waals surface area contributed by atoms with E-state index in [-0.39, 0.29) is 17.3 Å². The first-order valence-corrected chi connectivity index (χ1v) is 10.7. The Balaban J connectivity index is 1.47. The number of carbonyl (C=O) groups is 1. The minimum Gasteiger partial charge on any atom is -0.497 e. The number of nitrogens with one attached hydrogen (secondary N) is 1. The van der Waals surface area contributed by atoms with Crippen molar-refractivity contribution in [2.45, 2.75) is 6.42 Å². The first-order chi connectivity index (χ1) is 16.6. The number of carbonyl (C=O) groups excluding carboxylic acids is 1. The lowest BCUT2D eigenvalue weighted by Crippen LogP contribution is -2.26. The van der Waals surface area contributed by atoms with Crippen LogP contribution in [0.2, 0.25) is 0 Å². The highest BCUT2D eigenvalue weighted by Gasteiger charge is 2.24. The SMILES string of the molecule is COc1ccc(CCNC(=O)c2c(N)n(N=Cc3ccco3)c3nc4ccccc4nc23)cc1. The summed E-state index contributed by atoms with van der Waals surface area (Å²) in [6.07, 6.45) is 3.71. The average molecular weight is 454 g/mol. The van der Waals surface area contributed by atoms with Crippen LogP contribution in [0.4, 0.5) is 5.82 Å². The average Bonchev–Trinajstić information content (AvgIpc) is 3.47. The Morgan fingerprint density at radius 3 is 2.59 bits per heavy atom. The van der Waals surface area contributed by atoms with E-state index in [1.165, 1.54) is 10.9 Å². The molecule has 5 rings (SSSR count). The van der Waals surface area contributed by atoms with Crippen LogP contribution in [0.15, 0.2) is 76.4 Å². The predicted molar refractivity (Wildman–Crippen MR) is 130 cm³/mol. The van der Waals surface area contributed by atoms with Crippen LogP contribution in [-0.4, -0.2) is 40.4 Å². The maximum absolute atomic E-state index is 13.2. The van der Waals surface area contributed by atoms with Gasteiger partial charge in [-0.15, -0.1) is 0 Å². The first kappa shape index (κ1) is 21.2. The van der Waals surface area contributed by atoms with Crippen LogP contribution in [0.3, 0.4) is 0 Å². The van der Waals surface area contributed by atoms with E-state index in [4.69, 9.17) is 14.9 Å². The summed E-state index contributed by atoms with van der Waals surface area (Å²) in [6.45, 7) is 0.425. The fourth-order valence-electron chi connectivity index (χ4n) is 3.67. The Bertz CT molecular complexity index is 1490. The van der Waals surface area contributed by atoms with Gasteiger partial charge >= 0.3 is 0 Å². The summed E-state index contributed by atoms with van der Waals surface area (Å²) in [5, 5.41) is 7.35. The van der Waals surface area contributed by atoms with Crippen LogP contribution in [-0.2, 0) is 6.42 Å². The number of nitrogens with zero attached hydrogens (tertiary/aromatic N) is 4. The van der Waals surface area contributed by atoms with E-state index in [0.717, 1.165) is 11.3 Å². The first-order valence-electron chi connectivity index (χ1n) is 10.7. The molecule has 3 N–H and O–H groups in total. The fraction of sp³-hybridized carbons (Fsp3) is 0.120. The van der Waals surface area contributed by atoms with E-state index < -0.39 is 0 Å². The maximum atomic E-state index is 13.2. The monoisotopic (exact) mass is 454 g/mol. The summed E-state index contributed by atoms with van der Waals surface area (Å²) in [7, 11) is 1.63.